The fourth-order valence-corrected chi connectivity index (χ4v) is 3.29. The Kier molecular flexibility index (Phi) is 6.29. The summed E-state index contributed by atoms with van der Waals surface area (Å²) in [6, 6.07) is 9.61. The molecule has 4 rings (SSSR count). The Hall–Kier alpha value is -3.95. The second-order valence-corrected chi connectivity index (χ2v) is 7.37. The van der Waals surface area contributed by atoms with Gasteiger partial charge < -0.3 is 24.9 Å². The number of rotatable bonds is 10. The number of methoxy groups -OCH3 is 1. The van der Waals surface area contributed by atoms with Crippen LogP contribution in [0, 0.1) is 10.8 Å². The van der Waals surface area contributed by atoms with E-state index in [9.17, 15) is 9.70 Å². The molecule has 10 nitrogen and oxygen atoms in total. The molecule has 10 heteroatoms. The quantitative estimate of drug-likeness (QED) is 0.364. The van der Waals surface area contributed by atoms with E-state index in [0.29, 0.717) is 35.5 Å². The minimum atomic E-state index is -0.603. The largest absolute Gasteiger partial charge is 0.492 e. The predicted molar refractivity (Wildman–Crippen MR) is 116 cm³/mol. The van der Waals surface area contributed by atoms with Crippen LogP contribution in [-0.2, 0) is 0 Å². The van der Waals surface area contributed by atoms with E-state index in [1.54, 1.807) is 31.5 Å². The number of amides is 2. The number of ether oxygens (including phenoxy) is 2. The van der Waals surface area contributed by atoms with Gasteiger partial charge in [0, 0.05) is 23.4 Å². The summed E-state index contributed by atoms with van der Waals surface area (Å²) in [4.78, 5) is 31.0. The van der Waals surface area contributed by atoms with Crippen LogP contribution in [0.25, 0.3) is 22.6 Å². The first kappa shape index (κ1) is 21.3. The average molecular weight is 437 g/mol. The van der Waals surface area contributed by atoms with Gasteiger partial charge in [-0.2, -0.15) is 0 Å². The third-order valence-electron chi connectivity index (χ3n) is 5.08. The van der Waals surface area contributed by atoms with E-state index in [2.05, 4.69) is 20.5 Å². The van der Waals surface area contributed by atoms with Crippen molar-refractivity contribution in [2.75, 3.05) is 20.3 Å². The molecule has 2 heterocycles. The highest BCUT2D eigenvalue weighted by atomic mass is 16.5. The van der Waals surface area contributed by atoms with Gasteiger partial charge in [-0.1, -0.05) is 5.18 Å². The fourth-order valence-electron chi connectivity index (χ4n) is 3.29. The Morgan fingerprint density at radius 2 is 2.00 bits per heavy atom. The minimum Gasteiger partial charge on any atom is -0.492 e. The number of nitroso groups, excluding NO2 is 1. The predicted octanol–water partition coefficient (Wildman–Crippen LogP) is 3.68. The van der Waals surface area contributed by atoms with Crippen molar-refractivity contribution in [3.05, 3.63) is 53.4 Å². The first-order chi connectivity index (χ1) is 15.6. The standard InChI is InChI=1S/C22H23N5O5/c1-30-17-9-6-15(12-25-17)18-20(32-21(26-18)19(27-29)13-2-3-13)14-4-7-16(8-5-14)31-11-10-24-22(23)28/h4-9,12-13,19H,2-3,10-11H2,1H3,(H3,23,24,28). The molecule has 1 aromatic carbocycles. The zero-order valence-corrected chi connectivity index (χ0v) is 17.5. The highest BCUT2D eigenvalue weighted by molar-refractivity contribution is 5.77. The maximum atomic E-state index is 11.4. The summed E-state index contributed by atoms with van der Waals surface area (Å²) in [5.74, 6) is 2.10. The number of nitrogens with zero attached hydrogens (tertiary/aromatic N) is 3. The van der Waals surface area contributed by atoms with E-state index in [4.69, 9.17) is 19.6 Å². The molecule has 2 aromatic heterocycles. The van der Waals surface area contributed by atoms with Crippen LogP contribution in [-0.4, -0.2) is 36.3 Å². The number of nitrogens with two attached hydrogens (primary N) is 1. The lowest BCUT2D eigenvalue weighted by Gasteiger charge is -2.07. The number of aromatic nitrogens is 2. The molecule has 32 heavy (non-hydrogen) atoms. The smallest absolute Gasteiger partial charge is 0.312 e. The molecule has 1 saturated carbocycles. The fraction of sp³-hybridized carbons (Fsp3) is 0.318. The summed E-state index contributed by atoms with van der Waals surface area (Å²) >= 11 is 0. The molecule has 0 bridgehead atoms. The molecule has 3 aromatic rings. The molecule has 0 spiro atoms. The zero-order chi connectivity index (χ0) is 22.5. The van der Waals surface area contributed by atoms with E-state index in [-0.39, 0.29) is 12.5 Å². The van der Waals surface area contributed by atoms with Crippen LogP contribution in [0.3, 0.4) is 0 Å². The van der Waals surface area contributed by atoms with Crippen LogP contribution in [0.1, 0.15) is 24.8 Å². The van der Waals surface area contributed by atoms with E-state index in [1.165, 1.54) is 0 Å². The first-order valence-electron chi connectivity index (χ1n) is 10.2. The average Bonchev–Trinajstić information content (AvgIpc) is 3.55. The van der Waals surface area contributed by atoms with Crippen molar-refractivity contribution in [3.8, 4) is 34.2 Å². The number of pyridine rings is 1. The Labute approximate surface area is 184 Å². The number of oxazole rings is 1. The minimum absolute atomic E-state index is 0.172. The van der Waals surface area contributed by atoms with Crippen LogP contribution in [0.4, 0.5) is 4.79 Å². The van der Waals surface area contributed by atoms with Gasteiger partial charge in [0.25, 0.3) is 0 Å². The molecule has 166 valence electrons. The number of hydrogen-bond donors (Lipinski definition) is 2. The zero-order valence-electron chi connectivity index (χ0n) is 17.5. The van der Waals surface area contributed by atoms with Crippen LogP contribution in [0.2, 0.25) is 0 Å². The van der Waals surface area contributed by atoms with Crippen molar-refractivity contribution < 1.29 is 18.7 Å². The van der Waals surface area contributed by atoms with Crippen molar-refractivity contribution in [2.24, 2.45) is 16.8 Å². The van der Waals surface area contributed by atoms with Gasteiger partial charge in [0.2, 0.25) is 11.8 Å². The number of primary amides is 1. The lowest BCUT2D eigenvalue weighted by Crippen LogP contribution is -2.32. The van der Waals surface area contributed by atoms with Crippen molar-refractivity contribution in [2.45, 2.75) is 18.9 Å². The number of nitrogens with one attached hydrogen (secondary N) is 1. The molecule has 1 aliphatic rings. The van der Waals surface area contributed by atoms with Gasteiger partial charge in [0.15, 0.2) is 11.8 Å². The van der Waals surface area contributed by atoms with E-state index >= 15 is 0 Å². The van der Waals surface area contributed by atoms with Gasteiger partial charge in [0.05, 0.1) is 13.7 Å². The normalized spacial score (nSPS) is 13.9. The molecule has 3 N–H and O–H groups in total. The molecule has 1 unspecified atom stereocenters. The monoisotopic (exact) mass is 437 g/mol. The SMILES string of the molecule is COc1ccc(-c2nc(C(N=O)C3CC3)oc2-c2ccc(OCCNC(N)=O)cc2)cn1. The molecule has 0 radical (unpaired) electrons. The van der Waals surface area contributed by atoms with Crippen LogP contribution in [0.5, 0.6) is 11.6 Å². The topological polar surface area (TPSA) is 142 Å². The molecule has 1 aliphatic carbocycles. The third kappa shape index (κ3) is 4.85. The maximum Gasteiger partial charge on any atom is 0.312 e. The van der Waals surface area contributed by atoms with Crippen LogP contribution >= 0.6 is 0 Å². The molecule has 0 saturated heterocycles. The lowest BCUT2D eigenvalue weighted by atomic mass is 10.1. The number of benzene rings is 1. The summed E-state index contributed by atoms with van der Waals surface area (Å²) in [6.45, 7) is 0.587. The van der Waals surface area contributed by atoms with Crippen molar-refractivity contribution in [1.82, 2.24) is 15.3 Å². The molecular formula is C22H23N5O5. The number of carbonyl (C=O) groups excluding carboxylic acids is 1. The van der Waals surface area contributed by atoms with Crippen molar-refractivity contribution >= 4 is 6.03 Å². The van der Waals surface area contributed by atoms with E-state index < -0.39 is 12.1 Å². The van der Waals surface area contributed by atoms with Crippen LogP contribution < -0.4 is 20.5 Å². The van der Waals surface area contributed by atoms with Gasteiger partial charge in [-0.15, -0.1) is 4.91 Å². The van der Waals surface area contributed by atoms with E-state index in [1.807, 2.05) is 18.2 Å². The lowest BCUT2D eigenvalue weighted by molar-refractivity contribution is 0.244. The summed E-state index contributed by atoms with van der Waals surface area (Å²) in [5.41, 5.74) is 7.10. The summed E-state index contributed by atoms with van der Waals surface area (Å²) in [5, 5.41) is 5.72. The number of carbonyl (C=O) groups is 1. The molecule has 1 atom stereocenters. The van der Waals surface area contributed by atoms with Crippen molar-refractivity contribution in [3.63, 3.8) is 0 Å². The molecule has 1 fully saturated rings. The van der Waals surface area contributed by atoms with Gasteiger partial charge in [0.1, 0.15) is 18.1 Å². The molecule has 2 amide bonds. The Morgan fingerprint density at radius 3 is 2.59 bits per heavy atom. The van der Waals surface area contributed by atoms with Gasteiger partial charge >= 0.3 is 6.03 Å². The van der Waals surface area contributed by atoms with Gasteiger partial charge in [-0.3, -0.25) is 0 Å². The highest BCUT2D eigenvalue weighted by Gasteiger charge is 2.37. The maximum absolute atomic E-state index is 11.4. The number of hydrogen-bond acceptors (Lipinski definition) is 8. The molecule has 0 aliphatic heterocycles. The van der Waals surface area contributed by atoms with Crippen LogP contribution in [0.15, 0.2) is 52.2 Å². The Bertz CT molecular complexity index is 1080. The summed E-state index contributed by atoms with van der Waals surface area (Å²) in [7, 11) is 1.55. The van der Waals surface area contributed by atoms with Gasteiger partial charge in [-0.05, 0) is 49.1 Å². The Morgan fingerprint density at radius 1 is 1.25 bits per heavy atom. The second kappa shape index (κ2) is 9.46. The van der Waals surface area contributed by atoms with Crippen molar-refractivity contribution in [1.29, 1.82) is 0 Å². The third-order valence-corrected chi connectivity index (χ3v) is 5.08. The summed E-state index contributed by atoms with van der Waals surface area (Å²) in [6.07, 6.45) is 3.52. The Balaban J connectivity index is 1.61. The van der Waals surface area contributed by atoms with E-state index in [0.717, 1.165) is 24.0 Å². The number of urea groups is 1. The molecular weight excluding hydrogens is 414 g/mol. The second-order valence-electron chi connectivity index (χ2n) is 7.37. The highest BCUT2D eigenvalue weighted by Crippen LogP contribution is 2.45. The van der Waals surface area contributed by atoms with Gasteiger partial charge in [-0.25, -0.2) is 14.8 Å². The first-order valence-corrected chi connectivity index (χ1v) is 10.2. The summed E-state index contributed by atoms with van der Waals surface area (Å²) < 4.78 is 16.8.